The van der Waals surface area contributed by atoms with Crippen LogP contribution in [0.3, 0.4) is 0 Å². The van der Waals surface area contributed by atoms with Crippen LogP contribution in [0.2, 0.25) is 0 Å². The fourth-order valence-corrected chi connectivity index (χ4v) is 1.83. The van der Waals surface area contributed by atoms with E-state index in [1.165, 1.54) is 0 Å². The third kappa shape index (κ3) is 10.2. The highest BCUT2D eigenvalue weighted by Gasteiger charge is 2.20. The molecule has 0 bridgehead atoms. The lowest BCUT2D eigenvalue weighted by Gasteiger charge is -2.25. The Labute approximate surface area is 94.9 Å². The van der Waals surface area contributed by atoms with E-state index >= 15 is 0 Å². The monoisotopic (exact) mass is 216 g/mol. The minimum Gasteiger partial charge on any atom is -0.389 e. The van der Waals surface area contributed by atoms with Gasteiger partial charge in [-0.3, -0.25) is 0 Å². The van der Waals surface area contributed by atoms with E-state index in [1.807, 2.05) is 6.92 Å². The molecule has 0 rings (SSSR count). The van der Waals surface area contributed by atoms with Gasteiger partial charge in [0.25, 0.3) is 0 Å². The maximum absolute atomic E-state index is 10.0. The molecule has 0 aromatic carbocycles. The van der Waals surface area contributed by atoms with E-state index in [2.05, 4.69) is 38.2 Å². The third-order valence-corrected chi connectivity index (χ3v) is 2.31. The molecule has 92 valence electrons. The summed E-state index contributed by atoms with van der Waals surface area (Å²) in [6.45, 7) is 8.96. The Morgan fingerprint density at radius 1 is 1.33 bits per heavy atom. The first-order chi connectivity index (χ1) is 6.83. The van der Waals surface area contributed by atoms with Crippen molar-refractivity contribution in [2.75, 3.05) is 33.7 Å². The molecule has 1 unspecified atom stereocenters. The number of aliphatic hydroxyl groups is 1. The molecule has 1 atom stereocenters. The number of rotatable bonds is 8. The zero-order valence-corrected chi connectivity index (χ0v) is 11.0. The van der Waals surface area contributed by atoms with Gasteiger partial charge >= 0.3 is 0 Å². The highest BCUT2D eigenvalue weighted by Crippen LogP contribution is 2.14. The molecular formula is C12H28N2O. The quantitative estimate of drug-likeness (QED) is 0.601. The van der Waals surface area contributed by atoms with Crippen LogP contribution in [0.1, 0.15) is 33.6 Å². The van der Waals surface area contributed by atoms with Crippen LogP contribution in [0.5, 0.6) is 0 Å². The number of nitrogens with zero attached hydrogens (tertiary/aromatic N) is 1. The summed E-state index contributed by atoms with van der Waals surface area (Å²) >= 11 is 0. The minimum absolute atomic E-state index is 0.545. The van der Waals surface area contributed by atoms with Crippen LogP contribution in [0.25, 0.3) is 0 Å². The van der Waals surface area contributed by atoms with Crippen LogP contribution in [0.4, 0.5) is 0 Å². The summed E-state index contributed by atoms with van der Waals surface area (Å²) in [5.41, 5.74) is -0.563. The first-order valence-electron chi connectivity index (χ1n) is 5.91. The average Bonchev–Trinajstić information content (AvgIpc) is 1.99. The summed E-state index contributed by atoms with van der Waals surface area (Å²) in [5, 5.41) is 13.3. The topological polar surface area (TPSA) is 35.5 Å². The van der Waals surface area contributed by atoms with Crippen molar-refractivity contribution in [2.24, 2.45) is 5.92 Å². The summed E-state index contributed by atoms with van der Waals surface area (Å²) in [6.07, 6.45) is 1.98. The van der Waals surface area contributed by atoms with E-state index in [-0.39, 0.29) is 0 Å². The molecule has 0 saturated heterocycles. The summed E-state index contributed by atoms with van der Waals surface area (Å²) < 4.78 is 0. The summed E-state index contributed by atoms with van der Waals surface area (Å²) in [5.74, 6) is 0.545. The number of hydrogen-bond donors (Lipinski definition) is 2. The largest absolute Gasteiger partial charge is 0.389 e. The van der Waals surface area contributed by atoms with Gasteiger partial charge in [-0.25, -0.2) is 0 Å². The normalized spacial score (nSPS) is 16.0. The van der Waals surface area contributed by atoms with Crippen molar-refractivity contribution in [3.8, 4) is 0 Å². The molecule has 3 heteroatoms. The van der Waals surface area contributed by atoms with Crippen molar-refractivity contribution < 1.29 is 5.11 Å². The second-order valence-electron chi connectivity index (χ2n) is 5.43. The maximum Gasteiger partial charge on any atom is 0.0746 e. The van der Waals surface area contributed by atoms with Gasteiger partial charge in [-0.2, -0.15) is 0 Å². The molecule has 0 aliphatic rings. The Hall–Kier alpha value is -0.120. The first-order valence-corrected chi connectivity index (χ1v) is 5.91. The molecule has 0 aromatic heterocycles. The summed E-state index contributed by atoms with van der Waals surface area (Å²) in [6, 6.07) is 0. The van der Waals surface area contributed by atoms with Crippen molar-refractivity contribution in [3.63, 3.8) is 0 Å². The summed E-state index contributed by atoms with van der Waals surface area (Å²) in [7, 11) is 4.16. The van der Waals surface area contributed by atoms with Gasteiger partial charge in [0.2, 0.25) is 0 Å². The molecule has 0 fully saturated rings. The van der Waals surface area contributed by atoms with E-state index in [0.717, 1.165) is 25.9 Å². The van der Waals surface area contributed by atoms with Gasteiger partial charge in [-0.1, -0.05) is 13.8 Å². The van der Waals surface area contributed by atoms with Crippen molar-refractivity contribution in [1.29, 1.82) is 0 Å². The van der Waals surface area contributed by atoms with Crippen LogP contribution >= 0.6 is 0 Å². The zero-order valence-electron chi connectivity index (χ0n) is 11.0. The summed E-state index contributed by atoms with van der Waals surface area (Å²) in [4.78, 5) is 2.17. The van der Waals surface area contributed by atoms with E-state index < -0.39 is 5.60 Å². The smallest absolute Gasteiger partial charge is 0.0746 e. The van der Waals surface area contributed by atoms with Crippen molar-refractivity contribution in [2.45, 2.75) is 39.2 Å². The van der Waals surface area contributed by atoms with E-state index in [0.29, 0.717) is 12.5 Å². The number of hydrogen-bond acceptors (Lipinski definition) is 3. The fraction of sp³-hybridized carbons (Fsp3) is 1.00. The first kappa shape index (κ1) is 14.9. The average molecular weight is 216 g/mol. The molecule has 0 heterocycles. The molecule has 0 radical (unpaired) electrons. The third-order valence-electron chi connectivity index (χ3n) is 2.31. The molecular weight excluding hydrogens is 188 g/mol. The van der Waals surface area contributed by atoms with E-state index in [9.17, 15) is 5.11 Å². The zero-order chi connectivity index (χ0) is 11.9. The maximum atomic E-state index is 10.0. The molecule has 0 aliphatic carbocycles. The SMILES string of the molecule is CC(C)CC(C)(O)CNCCCN(C)C. The lowest BCUT2D eigenvalue weighted by Crippen LogP contribution is -2.39. The van der Waals surface area contributed by atoms with Gasteiger partial charge in [-0.15, -0.1) is 0 Å². The lowest BCUT2D eigenvalue weighted by molar-refractivity contribution is 0.0386. The van der Waals surface area contributed by atoms with E-state index in [4.69, 9.17) is 0 Å². The van der Waals surface area contributed by atoms with Crippen LogP contribution in [0.15, 0.2) is 0 Å². The second-order valence-corrected chi connectivity index (χ2v) is 5.43. The number of nitrogens with one attached hydrogen (secondary N) is 1. The Kier molecular flexibility index (Phi) is 7.14. The van der Waals surface area contributed by atoms with Gasteiger partial charge in [0.15, 0.2) is 0 Å². The van der Waals surface area contributed by atoms with Crippen molar-refractivity contribution in [3.05, 3.63) is 0 Å². The molecule has 0 spiro atoms. The molecule has 0 amide bonds. The highest BCUT2D eigenvalue weighted by molar-refractivity contribution is 4.76. The molecule has 0 saturated carbocycles. The van der Waals surface area contributed by atoms with E-state index in [1.54, 1.807) is 0 Å². The van der Waals surface area contributed by atoms with Gasteiger partial charge < -0.3 is 15.3 Å². The standard InChI is InChI=1S/C12H28N2O/c1-11(2)9-12(3,15)10-13-7-6-8-14(4)5/h11,13,15H,6-10H2,1-5H3. The second kappa shape index (κ2) is 7.20. The minimum atomic E-state index is -0.563. The molecule has 3 nitrogen and oxygen atoms in total. The lowest BCUT2D eigenvalue weighted by atomic mass is 9.94. The molecule has 2 N–H and O–H groups in total. The fourth-order valence-electron chi connectivity index (χ4n) is 1.83. The van der Waals surface area contributed by atoms with Crippen LogP contribution in [0, 0.1) is 5.92 Å². The van der Waals surface area contributed by atoms with Crippen LogP contribution in [-0.4, -0.2) is 49.3 Å². The van der Waals surface area contributed by atoms with Crippen molar-refractivity contribution >= 4 is 0 Å². The van der Waals surface area contributed by atoms with Gasteiger partial charge in [0.05, 0.1) is 5.60 Å². The predicted octanol–water partition coefficient (Wildman–Crippen LogP) is 1.32. The Bertz CT molecular complexity index is 156. The molecule has 15 heavy (non-hydrogen) atoms. The Morgan fingerprint density at radius 3 is 2.40 bits per heavy atom. The van der Waals surface area contributed by atoms with Gasteiger partial charge in [0, 0.05) is 6.54 Å². The van der Waals surface area contributed by atoms with Crippen LogP contribution in [-0.2, 0) is 0 Å². The predicted molar refractivity (Wildman–Crippen MR) is 66.1 cm³/mol. The molecule has 0 aromatic rings. The highest BCUT2D eigenvalue weighted by atomic mass is 16.3. The van der Waals surface area contributed by atoms with Gasteiger partial charge in [-0.05, 0) is 52.9 Å². The Balaban J connectivity index is 3.48. The molecule has 0 aliphatic heterocycles. The Morgan fingerprint density at radius 2 is 1.93 bits per heavy atom. The van der Waals surface area contributed by atoms with Crippen LogP contribution < -0.4 is 5.32 Å². The van der Waals surface area contributed by atoms with Crippen molar-refractivity contribution in [1.82, 2.24) is 10.2 Å². The van der Waals surface area contributed by atoms with Gasteiger partial charge in [0.1, 0.15) is 0 Å².